The molecule has 4 N–H and O–H groups in total. The molecule has 1 rings (SSSR count). The Morgan fingerprint density at radius 3 is 2.20 bits per heavy atom. The summed E-state index contributed by atoms with van der Waals surface area (Å²) >= 11 is 4.30. The van der Waals surface area contributed by atoms with Crippen molar-refractivity contribution in [2.24, 2.45) is 0 Å². The van der Waals surface area contributed by atoms with Crippen LogP contribution in [0.4, 0.5) is 11.4 Å². The number of hydrogen-bond donors (Lipinski definition) is 2. The number of quaternary nitrogens is 1. The zero-order chi connectivity index (χ0) is 15.7. The van der Waals surface area contributed by atoms with Gasteiger partial charge in [0.05, 0.1) is 29.1 Å². The number of aliphatic hydroxyl groups excluding tert-OH is 1. The lowest BCUT2D eigenvalue weighted by atomic mass is 10.1. The molecule has 0 amide bonds. The summed E-state index contributed by atoms with van der Waals surface area (Å²) in [6.45, 7) is 0.833. The summed E-state index contributed by atoms with van der Waals surface area (Å²) in [5.74, 6) is 0. The molecule has 0 atom stereocenters. The number of rotatable bonds is 5. The van der Waals surface area contributed by atoms with Gasteiger partial charge in [-0.05, 0) is 6.07 Å². The average Bonchev–Trinajstić information content (AvgIpc) is 2.38. The molecule has 0 spiro atoms. The third-order valence-corrected chi connectivity index (χ3v) is 2.11. The lowest BCUT2D eigenvalue weighted by Crippen LogP contribution is -2.51. The van der Waals surface area contributed by atoms with Crippen molar-refractivity contribution in [3.05, 3.63) is 44.0 Å². The molecule has 1 aromatic carbocycles. The van der Waals surface area contributed by atoms with Crippen LogP contribution in [0.3, 0.4) is 0 Å². The monoisotopic (exact) mass is 303 g/mol. The molecule has 0 saturated heterocycles. The maximum atomic E-state index is 10.7. The molecule has 0 aliphatic carbocycles. The predicted molar refractivity (Wildman–Crippen MR) is 70.7 cm³/mol. The van der Waals surface area contributed by atoms with Gasteiger partial charge in [0.25, 0.3) is 11.4 Å². The summed E-state index contributed by atoms with van der Waals surface area (Å²) < 4.78 is 0. The van der Waals surface area contributed by atoms with Gasteiger partial charge in [0, 0.05) is 23.2 Å². The van der Waals surface area contributed by atoms with E-state index in [0.717, 1.165) is 12.1 Å². The number of carbonyl (C=O) groups is 1. The molecule has 10 heteroatoms. The van der Waals surface area contributed by atoms with E-state index in [1.54, 1.807) is 0 Å². The van der Waals surface area contributed by atoms with Crippen LogP contribution in [0.1, 0.15) is 5.56 Å². The lowest BCUT2D eigenvalue weighted by molar-refractivity contribution is -0.394. The Balaban J connectivity index is 0.000000796. The molecule has 20 heavy (non-hydrogen) atoms. The summed E-state index contributed by atoms with van der Waals surface area (Å²) in [6.07, 6.45) is -0.288. The van der Waals surface area contributed by atoms with E-state index in [0.29, 0.717) is 6.54 Å². The van der Waals surface area contributed by atoms with Crippen molar-refractivity contribution >= 4 is 29.1 Å². The number of benzene rings is 1. The Bertz CT molecular complexity index is 506. The highest BCUT2D eigenvalue weighted by Gasteiger charge is 2.18. The fraction of sp³-hybridized carbons (Fsp3) is 0.300. The fourth-order valence-electron chi connectivity index (χ4n) is 1.14. The van der Waals surface area contributed by atoms with E-state index in [1.807, 2.05) is 0 Å². The van der Waals surface area contributed by atoms with Crippen molar-refractivity contribution in [1.82, 2.24) is 0 Å². The van der Waals surface area contributed by atoms with E-state index in [4.69, 9.17) is 5.11 Å². The summed E-state index contributed by atoms with van der Waals surface area (Å²) in [5.41, 5.74) is 2.57. The molecule has 0 bridgehead atoms. The van der Waals surface area contributed by atoms with Gasteiger partial charge in [0.15, 0.2) is 0 Å². The lowest BCUT2D eigenvalue weighted by Gasteiger charge is -2.04. The van der Waals surface area contributed by atoms with E-state index < -0.39 is 26.3 Å². The second-order valence-corrected chi connectivity index (χ2v) is 3.91. The topological polar surface area (TPSA) is 151 Å². The van der Waals surface area contributed by atoms with E-state index >= 15 is 0 Å². The predicted octanol–water partition coefficient (Wildman–Crippen LogP) is -0.660. The molecule has 9 nitrogen and oxygen atoms in total. The largest absolute Gasteiger partial charge is 0.742 e. The van der Waals surface area contributed by atoms with Crippen molar-refractivity contribution in [1.29, 1.82) is 0 Å². The second-order valence-electron chi connectivity index (χ2n) is 3.45. The van der Waals surface area contributed by atoms with Gasteiger partial charge in [0.1, 0.15) is 0 Å². The van der Waals surface area contributed by atoms with Gasteiger partial charge >= 0.3 is 0 Å². The normalized spacial score (nSPS) is 9.30. The van der Waals surface area contributed by atoms with Gasteiger partial charge in [0.2, 0.25) is 0 Å². The molecule has 0 radical (unpaired) electrons. The molecule has 0 heterocycles. The third-order valence-electron chi connectivity index (χ3n) is 1.97. The molecule has 1 aromatic rings. The zero-order valence-electron chi connectivity index (χ0n) is 10.4. The van der Waals surface area contributed by atoms with Crippen LogP contribution in [0.15, 0.2) is 18.2 Å². The van der Waals surface area contributed by atoms with E-state index in [2.05, 4.69) is 18.4 Å². The highest BCUT2D eigenvalue weighted by Crippen LogP contribution is 2.24. The number of aliphatic hydroxyl groups is 1. The van der Waals surface area contributed by atoms with Crippen molar-refractivity contribution in [3.8, 4) is 0 Å². The minimum absolute atomic E-state index is 0.0793. The van der Waals surface area contributed by atoms with Crippen LogP contribution in [0.2, 0.25) is 0 Å². The minimum atomic E-state index is -0.777. The number of nitro groups is 2. The third kappa shape index (κ3) is 6.13. The van der Waals surface area contributed by atoms with Crippen molar-refractivity contribution in [2.75, 3.05) is 13.2 Å². The van der Waals surface area contributed by atoms with Crippen molar-refractivity contribution in [2.45, 2.75) is 6.42 Å². The first-order valence-corrected chi connectivity index (χ1v) is 5.76. The summed E-state index contributed by atoms with van der Waals surface area (Å²) in [4.78, 5) is 30.2. The molecule has 0 unspecified atom stereocenters. The standard InChI is InChI=1S/C8H6N2O5S.C2H7NO/c11-8(16)3-5-1-2-6(9(12)13)4-7(5)10(14)15;3-1-2-4/h1-2,4H,3H2,(H,11,16);4H,1-3H2. The first-order valence-electron chi connectivity index (χ1n) is 5.35. The van der Waals surface area contributed by atoms with E-state index in [-0.39, 0.29) is 18.6 Å². The van der Waals surface area contributed by atoms with Crippen LogP contribution in [0, 0.1) is 20.2 Å². The van der Waals surface area contributed by atoms with Crippen LogP contribution in [-0.4, -0.2) is 33.2 Å². The molecule has 0 saturated carbocycles. The summed E-state index contributed by atoms with van der Waals surface area (Å²) in [7, 11) is 0. The van der Waals surface area contributed by atoms with Crippen molar-refractivity contribution in [3.63, 3.8) is 0 Å². The molecule has 110 valence electrons. The van der Waals surface area contributed by atoms with Gasteiger partial charge in [-0.3, -0.25) is 20.2 Å². The van der Waals surface area contributed by atoms with Gasteiger partial charge in [-0.1, -0.05) is 0 Å². The highest BCUT2D eigenvalue weighted by molar-refractivity contribution is 7.77. The Hall–Kier alpha value is -2.17. The number of non-ortho nitro benzene ring substituents is 1. The molecule has 0 aliphatic rings. The first kappa shape index (κ1) is 17.8. The maximum Gasteiger partial charge on any atom is 0.279 e. The SMILES string of the molecule is O=C([S-])Cc1ccc([N+](=O)[O-])cc1[N+](=O)[O-].[NH3+]CCO. The maximum absolute atomic E-state index is 10.7. The Morgan fingerprint density at radius 2 is 1.85 bits per heavy atom. The van der Waals surface area contributed by atoms with Gasteiger partial charge in [-0.2, -0.15) is 0 Å². The number of nitrogens with zero attached hydrogens (tertiary/aromatic N) is 2. The Morgan fingerprint density at radius 1 is 1.30 bits per heavy atom. The Kier molecular flexibility index (Phi) is 7.89. The fourth-order valence-corrected chi connectivity index (χ4v) is 1.30. The second kappa shape index (κ2) is 8.85. The molecule has 0 fully saturated rings. The van der Waals surface area contributed by atoms with Crippen LogP contribution < -0.4 is 5.73 Å². The van der Waals surface area contributed by atoms with Crippen molar-refractivity contribution < 1.29 is 25.5 Å². The summed E-state index contributed by atoms with van der Waals surface area (Å²) in [6, 6.07) is 3.08. The first-order chi connectivity index (χ1) is 9.33. The van der Waals surface area contributed by atoms with Crippen LogP contribution >= 0.6 is 0 Å². The number of carbonyl (C=O) groups excluding carboxylic acids is 1. The van der Waals surface area contributed by atoms with Gasteiger partial charge in [-0.15, -0.1) is 0 Å². The molecule has 0 aliphatic heterocycles. The van der Waals surface area contributed by atoms with Crippen LogP contribution in [0.25, 0.3) is 0 Å². The summed E-state index contributed by atoms with van der Waals surface area (Å²) in [5, 5.41) is 28.2. The highest BCUT2D eigenvalue weighted by atomic mass is 32.1. The smallest absolute Gasteiger partial charge is 0.279 e. The van der Waals surface area contributed by atoms with E-state index in [1.165, 1.54) is 6.07 Å². The van der Waals surface area contributed by atoms with Gasteiger partial charge < -0.3 is 28.3 Å². The molecule has 0 aromatic heterocycles. The van der Waals surface area contributed by atoms with Gasteiger partial charge in [-0.25, -0.2) is 0 Å². The number of hydrogen-bond acceptors (Lipinski definition) is 7. The van der Waals surface area contributed by atoms with E-state index in [9.17, 15) is 25.0 Å². The van der Waals surface area contributed by atoms with Crippen LogP contribution in [-0.2, 0) is 23.8 Å². The molecular weight excluding hydrogens is 290 g/mol. The van der Waals surface area contributed by atoms with Crippen LogP contribution in [0.5, 0.6) is 0 Å². The minimum Gasteiger partial charge on any atom is -0.742 e. The Labute approximate surface area is 119 Å². The quantitative estimate of drug-likeness (QED) is 0.416. The molecular formula is C10H13N3O6S. The number of nitro benzene ring substituents is 2. The zero-order valence-corrected chi connectivity index (χ0v) is 11.2. The average molecular weight is 303 g/mol.